The van der Waals surface area contributed by atoms with Gasteiger partial charge < -0.3 is 19.1 Å². The molecule has 9 heteroatoms. The second-order valence-electron chi connectivity index (χ2n) is 10.0. The van der Waals surface area contributed by atoms with Crippen molar-refractivity contribution in [3.8, 4) is 28.6 Å². The van der Waals surface area contributed by atoms with Crippen LogP contribution in [-0.4, -0.2) is 52.9 Å². The second-order valence-corrected chi connectivity index (χ2v) is 10.0. The second kappa shape index (κ2) is 11.7. The zero-order valence-corrected chi connectivity index (χ0v) is 23.4. The summed E-state index contributed by atoms with van der Waals surface area (Å²) in [7, 11) is 3.15. The first-order chi connectivity index (χ1) is 20.5. The van der Waals surface area contributed by atoms with Crippen LogP contribution in [0.2, 0.25) is 0 Å². The Morgan fingerprint density at radius 1 is 0.929 bits per heavy atom. The number of hydrogen-bond donors (Lipinski definition) is 0. The Kier molecular flexibility index (Phi) is 7.55. The number of aromatic nitrogens is 3. The minimum Gasteiger partial charge on any atom is -0.493 e. The summed E-state index contributed by atoms with van der Waals surface area (Å²) < 4.78 is 18.3. The molecule has 3 aromatic carbocycles. The molecule has 0 unspecified atom stereocenters. The van der Waals surface area contributed by atoms with Crippen LogP contribution in [0.4, 0.5) is 0 Å². The van der Waals surface area contributed by atoms with Crippen molar-refractivity contribution in [3.63, 3.8) is 0 Å². The molecule has 1 aliphatic heterocycles. The van der Waals surface area contributed by atoms with Gasteiger partial charge in [0.1, 0.15) is 13.2 Å². The van der Waals surface area contributed by atoms with Gasteiger partial charge in [0.25, 0.3) is 5.56 Å². The van der Waals surface area contributed by atoms with Gasteiger partial charge in [0, 0.05) is 35.5 Å². The Morgan fingerprint density at radius 2 is 1.71 bits per heavy atom. The summed E-state index contributed by atoms with van der Waals surface area (Å²) in [5.41, 5.74) is 3.81. The largest absolute Gasteiger partial charge is 0.493 e. The molecule has 0 N–H and O–H groups in total. The van der Waals surface area contributed by atoms with Crippen LogP contribution in [0.5, 0.6) is 17.4 Å². The number of amides is 1. The van der Waals surface area contributed by atoms with E-state index in [9.17, 15) is 9.59 Å². The molecule has 5 aromatic rings. The molecule has 0 radical (unpaired) electrons. The van der Waals surface area contributed by atoms with E-state index in [4.69, 9.17) is 14.2 Å². The summed E-state index contributed by atoms with van der Waals surface area (Å²) in [6.07, 6.45) is 0.543. The van der Waals surface area contributed by atoms with E-state index in [1.807, 2.05) is 72.8 Å². The Bertz CT molecular complexity index is 1820. The number of carbonyl (C=O) groups is 1. The number of carbonyl (C=O) groups excluding carboxylic acids is 1. The molecule has 0 saturated heterocycles. The standard InChI is InChI=1S/C33H30N4O5/c1-40-29-19-23(27-13-8-14-30(34-27)41-2)18-24-20-36(15-16-42-32(24)29)31(38)21-37-33(39)26-12-7-6-11-25(26)28(35-37)17-22-9-4-3-5-10-22/h3-14,18-19H,15-17,20-21H2,1-2H3. The van der Waals surface area contributed by atoms with E-state index < -0.39 is 0 Å². The molecule has 42 heavy (non-hydrogen) atoms. The van der Waals surface area contributed by atoms with Crippen LogP contribution in [0, 0.1) is 0 Å². The number of ether oxygens (including phenoxy) is 3. The average Bonchev–Trinajstić information content (AvgIpc) is 3.26. The molecular weight excluding hydrogens is 532 g/mol. The van der Waals surface area contributed by atoms with Crippen molar-refractivity contribution in [2.45, 2.75) is 19.5 Å². The van der Waals surface area contributed by atoms with E-state index in [1.54, 1.807) is 31.3 Å². The SMILES string of the molecule is COc1cccc(-c2cc3c(c(OC)c2)OCCN(C(=O)Cn2nc(Cc4ccccc4)c4ccccc4c2=O)C3)n1. The number of benzene rings is 3. The van der Waals surface area contributed by atoms with Gasteiger partial charge in [-0.3, -0.25) is 9.59 Å². The zero-order chi connectivity index (χ0) is 29.1. The van der Waals surface area contributed by atoms with Gasteiger partial charge in [-0.1, -0.05) is 54.6 Å². The first-order valence-corrected chi connectivity index (χ1v) is 13.7. The minimum atomic E-state index is -0.296. The summed E-state index contributed by atoms with van der Waals surface area (Å²) in [4.78, 5) is 33.4. The number of pyridine rings is 1. The number of fused-ring (bicyclic) bond motifs is 2. The molecule has 2 aromatic heterocycles. The molecule has 0 spiro atoms. The molecule has 0 aliphatic carbocycles. The fourth-order valence-electron chi connectivity index (χ4n) is 5.25. The molecule has 0 bridgehead atoms. The maximum absolute atomic E-state index is 13.7. The smallest absolute Gasteiger partial charge is 0.275 e. The van der Waals surface area contributed by atoms with Gasteiger partial charge in [0.15, 0.2) is 11.5 Å². The van der Waals surface area contributed by atoms with Gasteiger partial charge in [-0.2, -0.15) is 5.10 Å². The van der Waals surface area contributed by atoms with Gasteiger partial charge in [-0.15, -0.1) is 0 Å². The minimum absolute atomic E-state index is 0.185. The molecule has 3 heterocycles. The van der Waals surface area contributed by atoms with Crippen LogP contribution in [0.15, 0.2) is 89.7 Å². The predicted octanol–water partition coefficient (Wildman–Crippen LogP) is 4.49. The Morgan fingerprint density at radius 3 is 2.50 bits per heavy atom. The Hall–Kier alpha value is -5.18. The Labute approximate surface area is 242 Å². The van der Waals surface area contributed by atoms with Crippen LogP contribution < -0.4 is 19.8 Å². The number of nitrogens with zero attached hydrogens (tertiary/aromatic N) is 4. The van der Waals surface area contributed by atoms with Gasteiger partial charge in [0.05, 0.1) is 37.5 Å². The summed E-state index contributed by atoms with van der Waals surface area (Å²) in [6, 6.07) is 26.7. The summed E-state index contributed by atoms with van der Waals surface area (Å²) in [5, 5.41) is 6.01. The van der Waals surface area contributed by atoms with Crippen molar-refractivity contribution >= 4 is 16.7 Å². The lowest BCUT2D eigenvalue weighted by Gasteiger charge is -2.21. The normalized spacial score (nSPS) is 12.8. The van der Waals surface area contributed by atoms with Crippen molar-refractivity contribution in [3.05, 3.63) is 112 Å². The van der Waals surface area contributed by atoms with Gasteiger partial charge in [0.2, 0.25) is 11.8 Å². The lowest BCUT2D eigenvalue weighted by atomic mass is 10.0. The van der Waals surface area contributed by atoms with Gasteiger partial charge in [-0.25, -0.2) is 9.67 Å². The molecule has 9 nitrogen and oxygen atoms in total. The molecular formula is C33H30N4O5. The fourth-order valence-corrected chi connectivity index (χ4v) is 5.25. The monoisotopic (exact) mass is 562 g/mol. The first-order valence-electron chi connectivity index (χ1n) is 13.7. The maximum atomic E-state index is 13.7. The topological polar surface area (TPSA) is 95.8 Å². The Balaban J connectivity index is 1.31. The third-order valence-electron chi connectivity index (χ3n) is 7.35. The number of methoxy groups -OCH3 is 2. The molecule has 0 fully saturated rings. The molecule has 1 amide bonds. The molecule has 0 atom stereocenters. The average molecular weight is 563 g/mol. The quantitative estimate of drug-likeness (QED) is 0.289. The highest BCUT2D eigenvalue weighted by atomic mass is 16.5. The predicted molar refractivity (Wildman–Crippen MR) is 159 cm³/mol. The highest BCUT2D eigenvalue weighted by Gasteiger charge is 2.25. The van der Waals surface area contributed by atoms with Gasteiger partial charge in [-0.05, 0) is 29.8 Å². The van der Waals surface area contributed by atoms with E-state index in [2.05, 4.69) is 10.1 Å². The van der Waals surface area contributed by atoms with Crippen molar-refractivity contribution in [1.82, 2.24) is 19.7 Å². The maximum Gasteiger partial charge on any atom is 0.275 e. The lowest BCUT2D eigenvalue weighted by Crippen LogP contribution is -2.38. The third-order valence-corrected chi connectivity index (χ3v) is 7.35. The van der Waals surface area contributed by atoms with Crippen molar-refractivity contribution in [2.24, 2.45) is 0 Å². The van der Waals surface area contributed by atoms with Crippen LogP contribution in [-0.2, 0) is 24.3 Å². The summed E-state index contributed by atoms with van der Waals surface area (Å²) in [5.74, 6) is 1.41. The van der Waals surface area contributed by atoms with E-state index in [0.29, 0.717) is 41.4 Å². The van der Waals surface area contributed by atoms with Crippen LogP contribution in [0.25, 0.3) is 22.0 Å². The third kappa shape index (κ3) is 5.41. The van der Waals surface area contributed by atoms with Crippen molar-refractivity contribution in [2.75, 3.05) is 27.4 Å². The van der Waals surface area contributed by atoms with Crippen molar-refractivity contribution < 1.29 is 19.0 Å². The van der Waals surface area contributed by atoms with E-state index >= 15 is 0 Å². The first kappa shape index (κ1) is 27.0. The van der Waals surface area contributed by atoms with E-state index in [-0.39, 0.29) is 31.2 Å². The number of rotatable bonds is 7. The molecule has 1 aliphatic rings. The lowest BCUT2D eigenvalue weighted by molar-refractivity contribution is -0.132. The van der Waals surface area contributed by atoms with E-state index in [1.165, 1.54) is 4.68 Å². The van der Waals surface area contributed by atoms with E-state index in [0.717, 1.165) is 27.8 Å². The van der Waals surface area contributed by atoms with Crippen molar-refractivity contribution in [1.29, 1.82) is 0 Å². The molecule has 6 rings (SSSR count). The van der Waals surface area contributed by atoms with Crippen LogP contribution in [0.1, 0.15) is 16.8 Å². The number of hydrogen-bond acceptors (Lipinski definition) is 7. The fraction of sp³-hybridized carbons (Fsp3) is 0.212. The van der Waals surface area contributed by atoms with Crippen LogP contribution >= 0.6 is 0 Å². The zero-order valence-electron chi connectivity index (χ0n) is 23.4. The highest BCUT2D eigenvalue weighted by molar-refractivity contribution is 5.84. The molecule has 0 saturated carbocycles. The summed E-state index contributed by atoms with van der Waals surface area (Å²) >= 11 is 0. The molecule has 212 valence electrons. The van der Waals surface area contributed by atoms with Gasteiger partial charge >= 0.3 is 0 Å². The highest BCUT2D eigenvalue weighted by Crippen LogP contribution is 2.38. The summed E-state index contributed by atoms with van der Waals surface area (Å²) in [6.45, 7) is 0.727. The van der Waals surface area contributed by atoms with Crippen LogP contribution in [0.3, 0.4) is 0 Å².